The van der Waals surface area contributed by atoms with Crippen LogP contribution in [-0.4, -0.2) is 45.2 Å². The Hall–Kier alpha value is -1.95. The van der Waals surface area contributed by atoms with Crippen molar-refractivity contribution in [3.8, 4) is 0 Å². The SMILES string of the molecule is C=CCN(CC=C)[Si]N(CC=C)CC=C.Cc1cc2ccccc2[cH-]1.Cc1cc2ccccc2[cH-]1.[Cl-].[Cl-].[Ti+4]. The molecule has 0 aliphatic rings. The van der Waals surface area contributed by atoms with E-state index in [4.69, 9.17) is 0 Å². The van der Waals surface area contributed by atoms with Crippen LogP contribution in [-0.2, 0) is 21.7 Å². The normalized spacial score (nSPS) is 9.58. The van der Waals surface area contributed by atoms with E-state index in [1.54, 1.807) is 0 Å². The Kier molecular flexibility index (Phi) is 22.0. The van der Waals surface area contributed by atoms with Crippen molar-refractivity contribution in [1.82, 2.24) is 9.13 Å². The number of rotatable bonds is 10. The first kappa shape index (κ1) is 38.2. The van der Waals surface area contributed by atoms with Gasteiger partial charge in [-0.1, -0.05) is 50.3 Å². The van der Waals surface area contributed by atoms with Crippen LogP contribution in [0, 0.1) is 13.8 Å². The second-order valence-corrected chi connectivity index (χ2v) is 9.85. The molecule has 0 saturated heterocycles. The Morgan fingerprint density at radius 2 is 0.947 bits per heavy atom. The zero-order valence-corrected chi connectivity index (χ0v) is 26.6. The van der Waals surface area contributed by atoms with E-state index in [-0.39, 0.29) is 46.5 Å². The van der Waals surface area contributed by atoms with Crippen molar-refractivity contribution in [1.29, 1.82) is 0 Å². The van der Waals surface area contributed by atoms with Crippen LogP contribution >= 0.6 is 0 Å². The topological polar surface area (TPSA) is 6.48 Å². The van der Waals surface area contributed by atoms with Gasteiger partial charge >= 0.3 is 21.7 Å². The van der Waals surface area contributed by atoms with Gasteiger partial charge in [-0.2, -0.15) is 12.1 Å². The number of halogens is 2. The Morgan fingerprint density at radius 3 is 1.24 bits per heavy atom. The summed E-state index contributed by atoms with van der Waals surface area (Å²) in [5.74, 6) is 0. The van der Waals surface area contributed by atoms with E-state index in [1.807, 2.05) is 24.3 Å². The fraction of sp³-hybridized carbons (Fsp3) is 0.188. The van der Waals surface area contributed by atoms with E-state index in [9.17, 15) is 0 Å². The van der Waals surface area contributed by atoms with Gasteiger partial charge in [0, 0.05) is 26.2 Å². The number of nitrogens with zero attached hydrogens (tertiary/aromatic N) is 2. The van der Waals surface area contributed by atoms with Crippen molar-refractivity contribution < 1.29 is 46.5 Å². The molecule has 0 saturated carbocycles. The number of benzene rings is 2. The molecule has 0 heterocycles. The molecule has 0 amide bonds. The van der Waals surface area contributed by atoms with Crippen molar-refractivity contribution in [2.75, 3.05) is 26.2 Å². The van der Waals surface area contributed by atoms with E-state index >= 15 is 0 Å². The maximum atomic E-state index is 3.75. The molecule has 4 rings (SSSR count). The maximum absolute atomic E-state index is 3.75. The van der Waals surface area contributed by atoms with Gasteiger partial charge in [0.15, 0.2) is 0 Å². The molecule has 6 heteroatoms. The van der Waals surface area contributed by atoms with Crippen molar-refractivity contribution in [2.24, 2.45) is 0 Å². The van der Waals surface area contributed by atoms with E-state index in [2.05, 4.69) is 122 Å². The first-order chi connectivity index (χ1) is 17.0. The fourth-order valence-corrected chi connectivity index (χ4v) is 4.99. The van der Waals surface area contributed by atoms with Crippen molar-refractivity contribution in [3.63, 3.8) is 0 Å². The molecule has 198 valence electrons. The third-order valence-corrected chi connectivity index (χ3v) is 6.50. The molecule has 0 fully saturated rings. The summed E-state index contributed by atoms with van der Waals surface area (Å²) in [4.78, 5) is 0. The van der Waals surface area contributed by atoms with Crippen LogP contribution in [0.4, 0.5) is 0 Å². The first-order valence-corrected chi connectivity index (χ1v) is 12.8. The van der Waals surface area contributed by atoms with Gasteiger partial charge in [0.05, 0.1) is 0 Å². The molecule has 4 aromatic rings. The van der Waals surface area contributed by atoms with E-state index in [0.29, 0.717) is 9.84 Å². The van der Waals surface area contributed by atoms with Crippen LogP contribution in [0.1, 0.15) is 11.1 Å². The molecule has 0 unspecified atom stereocenters. The molecule has 4 aromatic carbocycles. The Labute approximate surface area is 260 Å². The summed E-state index contributed by atoms with van der Waals surface area (Å²) in [7, 11) is 0.623. The van der Waals surface area contributed by atoms with Crippen LogP contribution < -0.4 is 24.8 Å². The number of hydrogen-bond acceptors (Lipinski definition) is 2. The van der Waals surface area contributed by atoms with Gasteiger partial charge in [0.25, 0.3) is 9.84 Å². The molecule has 0 bridgehead atoms. The van der Waals surface area contributed by atoms with E-state index < -0.39 is 0 Å². The Balaban J connectivity index is 0. The summed E-state index contributed by atoms with van der Waals surface area (Å²) < 4.78 is 4.57. The van der Waals surface area contributed by atoms with E-state index in [0.717, 1.165) is 26.2 Å². The second-order valence-electron chi connectivity index (χ2n) is 8.39. The molecular formula is C32H38Cl2N2SiTi. The van der Waals surface area contributed by atoms with E-state index in [1.165, 1.54) is 32.7 Å². The minimum Gasteiger partial charge on any atom is -1.00 e. The minimum absolute atomic E-state index is 0. The maximum Gasteiger partial charge on any atom is 4.00 e. The quantitative estimate of drug-likeness (QED) is 0.156. The van der Waals surface area contributed by atoms with Gasteiger partial charge in [-0.15, -0.1) is 108 Å². The Bertz CT molecular complexity index is 1030. The molecule has 0 aliphatic carbocycles. The predicted octanol–water partition coefficient (Wildman–Crippen LogP) is 1.61. The molecule has 0 aromatic heterocycles. The predicted molar refractivity (Wildman–Crippen MR) is 158 cm³/mol. The number of fused-ring (bicyclic) bond motifs is 2. The summed E-state index contributed by atoms with van der Waals surface area (Å²) in [6, 6.07) is 25.7. The molecule has 0 N–H and O–H groups in total. The fourth-order valence-electron chi connectivity index (χ4n) is 3.75. The van der Waals surface area contributed by atoms with Crippen molar-refractivity contribution >= 4 is 31.4 Å². The van der Waals surface area contributed by atoms with Gasteiger partial charge < -0.3 is 33.9 Å². The first-order valence-electron chi connectivity index (χ1n) is 11.9. The summed E-state index contributed by atoms with van der Waals surface area (Å²) in [5, 5.41) is 5.39. The summed E-state index contributed by atoms with van der Waals surface area (Å²) in [5.41, 5.74) is 2.70. The molecule has 2 nitrogen and oxygen atoms in total. The average molecular weight is 598 g/mol. The van der Waals surface area contributed by atoms with Crippen LogP contribution in [0.25, 0.3) is 21.5 Å². The monoisotopic (exact) mass is 596 g/mol. The van der Waals surface area contributed by atoms with Gasteiger partial charge in [0.1, 0.15) is 0 Å². The zero-order chi connectivity index (χ0) is 25.5. The largest absolute Gasteiger partial charge is 4.00 e. The van der Waals surface area contributed by atoms with Gasteiger partial charge in [-0.25, -0.2) is 0 Å². The molecular weight excluding hydrogens is 559 g/mol. The molecule has 2 radical (unpaired) electrons. The third-order valence-electron chi connectivity index (χ3n) is 5.21. The second kappa shape index (κ2) is 21.9. The summed E-state index contributed by atoms with van der Waals surface area (Å²) in [6.45, 7) is 22.8. The summed E-state index contributed by atoms with van der Waals surface area (Å²) >= 11 is 0. The van der Waals surface area contributed by atoms with Crippen LogP contribution in [0.3, 0.4) is 0 Å². The van der Waals surface area contributed by atoms with Crippen LogP contribution in [0.5, 0.6) is 0 Å². The minimum atomic E-state index is 0. The van der Waals surface area contributed by atoms with Gasteiger partial charge in [-0.3, -0.25) is 0 Å². The molecule has 0 spiro atoms. The van der Waals surface area contributed by atoms with Crippen LogP contribution in [0.2, 0.25) is 0 Å². The number of aryl methyl sites for hydroxylation is 2. The molecule has 0 atom stereocenters. The van der Waals surface area contributed by atoms with Crippen molar-refractivity contribution in [3.05, 3.63) is 135 Å². The third kappa shape index (κ3) is 13.7. The molecule has 38 heavy (non-hydrogen) atoms. The summed E-state index contributed by atoms with van der Waals surface area (Å²) in [6.07, 6.45) is 7.65. The smallest absolute Gasteiger partial charge is 1.00 e. The van der Waals surface area contributed by atoms with Crippen LogP contribution in [0.15, 0.2) is 123 Å². The average Bonchev–Trinajstić information content (AvgIpc) is 3.41. The number of hydrogen-bond donors (Lipinski definition) is 0. The Morgan fingerprint density at radius 1 is 0.632 bits per heavy atom. The van der Waals surface area contributed by atoms with Crippen molar-refractivity contribution in [2.45, 2.75) is 13.8 Å². The molecule has 0 aliphatic heterocycles. The standard InChI is InChI=1S/C12H20N2Si.2C10H9.2ClH.Ti/c1-5-9-13(10-6-2)15-14(11-7-3)12-8-4;2*1-8-6-9-4-2-3-5-10(9)7-8;;;/h5-8H,1-4,9-12H2;2*2-7H,1H3;2*1H;/q;2*-1;;;+4/p-2. The zero-order valence-electron chi connectivity index (χ0n) is 22.5. The van der Waals surface area contributed by atoms with Gasteiger partial charge in [0.2, 0.25) is 0 Å². The van der Waals surface area contributed by atoms with Gasteiger partial charge in [-0.05, 0) is 0 Å².